The lowest BCUT2D eigenvalue weighted by atomic mass is 9.65. The third-order valence-corrected chi connectivity index (χ3v) is 9.95. The van der Waals surface area contributed by atoms with Crippen LogP contribution in [-0.2, 0) is 36.8 Å². The number of esters is 1. The summed E-state index contributed by atoms with van der Waals surface area (Å²) in [6.45, 7) is 10.1. The number of hydrogen-bond acceptors (Lipinski definition) is 6. The van der Waals surface area contributed by atoms with Crippen molar-refractivity contribution in [2.75, 3.05) is 19.8 Å². The molecule has 3 heterocycles. The Balaban J connectivity index is 1.54. The van der Waals surface area contributed by atoms with Gasteiger partial charge in [0.15, 0.2) is 0 Å². The molecule has 1 spiro atoms. The molecular formula is C37H46N2O6. The van der Waals surface area contributed by atoms with E-state index in [2.05, 4.69) is 13.2 Å². The van der Waals surface area contributed by atoms with Gasteiger partial charge in [-0.25, -0.2) is 0 Å². The Bertz CT molecular complexity index is 1370. The van der Waals surface area contributed by atoms with E-state index in [4.69, 9.17) is 9.47 Å². The first-order valence-corrected chi connectivity index (χ1v) is 16.2. The minimum absolute atomic E-state index is 0.250. The van der Waals surface area contributed by atoms with Crippen LogP contribution in [0.4, 0.5) is 0 Å². The summed E-state index contributed by atoms with van der Waals surface area (Å²) in [6, 6.07) is 17.6. The zero-order valence-corrected chi connectivity index (χ0v) is 26.3. The SMILES string of the molecule is C=CCCCCOC(=O)[C@H]1[C@H]2C(=O)N([C@@H](CO)Cc3ccccc3)C(C(=O)N(CC=C)Cc3ccccc3)C23CC[C@]1(CC)O3. The zero-order chi connectivity index (χ0) is 32.0. The molecule has 8 heteroatoms. The Labute approximate surface area is 266 Å². The van der Waals surface area contributed by atoms with Crippen LogP contribution in [0.25, 0.3) is 0 Å². The number of ether oxygens (including phenoxy) is 2. The lowest BCUT2D eigenvalue weighted by Crippen LogP contribution is -2.59. The summed E-state index contributed by atoms with van der Waals surface area (Å²) in [5.41, 5.74) is -0.222. The molecule has 45 heavy (non-hydrogen) atoms. The molecule has 0 saturated carbocycles. The molecule has 3 saturated heterocycles. The standard InChI is InChI=1S/C37H46N2O6/c1-4-7-8-15-23-44-35(43)31-30-33(41)39(29(26-40)24-27-16-11-9-12-17-27)32(37(30)21-20-36(31,6-3)45-37)34(42)38(22-5-2)25-28-18-13-10-14-19-28/h4-5,9-14,16-19,29-32,40H,1-2,6-8,15,20-26H2,3H3/t29-,30+,31-,32?,36+,37?/m1/s1. The second-order valence-corrected chi connectivity index (χ2v) is 12.5. The van der Waals surface area contributed by atoms with Gasteiger partial charge in [0, 0.05) is 13.1 Å². The number of likely N-dealkylation sites (tertiary alicyclic amines) is 1. The average Bonchev–Trinajstić information content (AvgIpc) is 3.67. The van der Waals surface area contributed by atoms with Gasteiger partial charge >= 0.3 is 5.97 Å². The van der Waals surface area contributed by atoms with E-state index >= 15 is 0 Å². The first kappa shape index (κ1) is 32.6. The van der Waals surface area contributed by atoms with Crippen molar-refractivity contribution in [2.45, 2.75) is 81.7 Å². The number of allylic oxidation sites excluding steroid dienone is 1. The number of unbranched alkanes of at least 4 members (excludes halogenated alkanes) is 2. The van der Waals surface area contributed by atoms with Gasteiger partial charge in [-0.3, -0.25) is 14.4 Å². The van der Waals surface area contributed by atoms with E-state index < -0.39 is 41.1 Å². The van der Waals surface area contributed by atoms with Crippen molar-refractivity contribution in [3.05, 3.63) is 97.1 Å². The number of amides is 2. The zero-order valence-electron chi connectivity index (χ0n) is 26.3. The maximum absolute atomic E-state index is 14.8. The van der Waals surface area contributed by atoms with Gasteiger partial charge in [0.05, 0.1) is 30.8 Å². The molecule has 2 amide bonds. The van der Waals surface area contributed by atoms with Gasteiger partial charge in [0.1, 0.15) is 17.6 Å². The summed E-state index contributed by atoms with van der Waals surface area (Å²) in [4.78, 5) is 46.7. The Hall–Kier alpha value is -3.75. The number of carbonyl (C=O) groups excluding carboxylic acids is 3. The molecule has 5 rings (SSSR count). The Morgan fingerprint density at radius 1 is 1.07 bits per heavy atom. The van der Waals surface area contributed by atoms with Crippen LogP contribution in [0.5, 0.6) is 0 Å². The minimum atomic E-state index is -1.21. The molecule has 6 atom stereocenters. The predicted octanol–water partition coefficient (Wildman–Crippen LogP) is 4.86. The van der Waals surface area contributed by atoms with Gasteiger partial charge in [-0.05, 0) is 56.1 Å². The molecule has 240 valence electrons. The van der Waals surface area contributed by atoms with Crippen LogP contribution < -0.4 is 0 Å². The van der Waals surface area contributed by atoms with Crippen molar-refractivity contribution < 1.29 is 29.0 Å². The van der Waals surface area contributed by atoms with Crippen LogP contribution in [0, 0.1) is 11.8 Å². The van der Waals surface area contributed by atoms with Crippen LogP contribution >= 0.6 is 0 Å². The van der Waals surface area contributed by atoms with E-state index in [1.165, 1.54) is 0 Å². The van der Waals surface area contributed by atoms with Crippen molar-refractivity contribution in [1.29, 1.82) is 0 Å². The van der Waals surface area contributed by atoms with Crippen LogP contribution in [0.1, 0.15) is 56.6 Å². The fourth-order valence-corrected chi connectivity index (χ4v) is 7.84. The highest BCUT2D eigenvalue weighted by molar-refractivity contribution is 5.98. The van der Waals surface area contributed by atoms with Crippen molar-refractivity contribution in [3.8, 4) is 0 Å². The van der Waals surface area contributed by atoms with E-state index in [1.807, 2.05) is 73.7 Å². The number of aliphatic hydroxyl groups excluding tert-OH is 1. The number of aliphatic hydroxyl groups is 1. The summed E-state index contributed by atoms with van der Waals surface area (Å²) in [7, 11) is 0. The van der Waals surface area contributed by atoms with Crippen molar-refractivity contribution >= 4 is 17.8 Å². The van der Waals surface area contributed by atoms with E-state index in [9.17, 15) is 19.5 Å². The second-order valence-electron chi connectivity index (χ2n) is 12.5. The average molecular weight is 615 g/mol. The van der Waals surface area contributed by atoms with Gasteiger partial charge in [-0.2, -0.15) is 0 Å². The molecule has 2 aromatic rings. The summed E-state index contributed by atoms with van der Waals surface area (Å²) in [5, 5.41) is 10.8. The first-order chi connectivity index (χ1) is 21.9. The van der Waals surface area contributed by atoms with E-state index in [0.717, 1.165) is 24.0 Å². The molecule has 1 N–H and O–H groups in total. The van der Waals surface area contributed by atoms with Crippen LogP contribution in [0.15, 0.2) is 86.0 Å². The fraction of sp³-hybridized carbons (Fsp3) is 0.486. The largest absolute Gasteiger partial charge is 0.465 e. The van der Waals surface area contributed by atoms with Crippen molar-refractivity contribution in [1.82, 2.24) is 9.80 Å². The Kier molecular flexibility index (Phi) is 10.2. The number of rotatable bonds is 16. The topological polar surface area (TPSA) is 96.4 Å². The monoisotopic (exact) mass is 614 g/mol. The normalized spacial score (nSPS) is 27.2. The van der Waals surface area contributed by atoms with Crippen LogP contribution in [-0.4, -0.2) is 75.7 Å². The second kappa shape index (κ2) is 14.1. The molecule has 3 aliphatic rings. The number of nitrogens with zero attached hydrogens (tertiary/aromatic N) is 2. The van der Waals surface area contributed by atoms with Gasteiger partial charge in [-0.15, -0.1) is 13.2 Å². The van der Waals surface area contributed by atoms with E-state index in [0.29, 0.717) is 38.6 Å². The molecule has 8 nitrogen and oxygen atoms in total. The van der Waals surface area contributed by atoms with Gasteiger partial charge in [0.2, 0.25) is 11.8 Å². The van der Waals surface area contributed by atoms with Gasteiger partial charge < -0.3 is 24.4 Å². The van der Waals surface area contributed by atoms with E-state index in [1.54, 1.807) is 15.9 Å². The molecule has 0 aliphatic carbocycles. The number of benzene rings is 2. The maximum Gasteiger partial charge on any atom is 0.312 e. The van der Waals surface area contributed by atoms with Crippen molar-refractivity contribution in [3.63, 3.8) is 0 Å². The third-order valence-electron chi connectivity index (χ3n) is 9.95. The molecule has 0 aromatic heterocycles. The summed E-state index contributed by atoms with van der Waals surface area (Å²) in [5.74, 6) is -2.76. The minimum Gasteiger partial charge on any atom is -0.465 e. The highest BCUT2D eigenvalue weighted by atomic mass is 16.6. The molecule has 3 aliphatic heterocycles. The lowest BCUT2D eigenvalue weighted by molar-refractivity contribution is -0.163. The molecule has 2 unspecified atom stereocenters. The molecular weight excluding hydrogens is 568 g/mol. The van der Waals surface area contributed by atoms with Crippen molar-refractivity contribution in [2.24, 2.45) is 11.8 Å². The predicted molar refractivity (Wildman–Crippen MR) is 172 cm³/mol. The first-order valence-electron chi connectivity index (χ1n) is 16.2. The van der Waals surface area contributed by atoms with Crippen LogP contribution in [0.2, 0.25) is 0 Å². The quantitative estimate of drug-likeness (QED) is 0.165. The maximum atomic E-state index is 14.8. The fourth-order valence-electron chi connectivity index (χ4n) is 7.84. The summed E-state index contributed by atoms with van der Waals surface area (Å²) < 4.78 is 12.7. The van der Waals surface area contributed by atoms with Crippen LogP contribution in [0.3, 0.4) is 0 Å². The molecule has 3 fully saturated rings. The van der Waals surface area contributed by atoms with Gasteiger partial charge in [-0.1, -0.05) is 79.7 Å². The Morgan fingerprint density at radius 2 is 1.76 bits per heavy atom. The third kappa shape index (κ3) is 6.10. The van der Waals surface area contributed by atoms with Gasteiger partial charge in [0.25, 0.3) is 0 Å². The molecule has 2 aromatic carbocycles. The number of fused-ring (bicyclic) bond motifs is 1. The summed E-state index contributed by atoms with van der Waals surface area (Å²) >= 11 is 0. The Morgan fingerprint density at radius 3 is 2.38 bits per heavy atom. The van der Waals surface area contributed by atoms with E-state index in [-0.39, 0.29) is 31.6 Å². The summed E-state index contributed by atoms with van der Waals surface area (Å²) in [6.07, 6.45) is 7.78. The molecule has 2 bridgehead atoms. The molecule has 0 radical (unpaired) electrons. The smallest absolute Gasteiger partial charge is 0.312 e. The highest BCUT2D eigenvalue weighted by Crippen LogP contribution is 2.65. The highest BCUT2D eigenvalue weighted by Gasteiger charge is 2.79. The lowest BCUT2D eigenvalue weighted by Gasteiger charge is -2.39. The number of hydrogen-bond donors (Lipinski definition) is 1. The number of carbonyl (C=O) groups is 3.